The molecule has 2 N–H and O–H groups in total. The van der Waals surface area contributed by atoms with E-state index in [9.17, 15) is 4.21 Å². The zero-order chi connectivity index (χ0) is 16.3. The molecule has 1 atom stereocenters. The van der Waals surface area contributed by atoms with E-state index in [1.54, 1.807) is 6.26 Å². The molecule has 24 heavy (non-hydrogen) atoms. The molecule has 0 bridgehead atoms. The summed E-state index contributed by atoms with van der Waals surface area (Å²) >= 11 is 0. The minimum Gasteiger partial charge on any atom is -0.469 e. The number of hydrogen-bond acceptors (Lipinski definition) is 3. The number of nitrogens with zero attached hydrogens (tertiary/aromatic N) is 1. The summed E-state index contributed by atoms with van der Waals surface area (Å²) in [6.45, 7) is 4.05. The number of furan rings is 1. The second kappa shape index (κ2) is 12.1. The van der Waals surface area contributed by atoms with Crippen LogP contribution in [-0.2, 0) is 17.2 Å². The Balaban J connectivity index is 0.00000288. The lowest BCUT2D eigenvalue weighted by Gasteiger charge is -2.10. The summed E-state index contributed by atoms with van der Waals surface area (Å²) in [6.07, 6.45) is 2.47. The quantitative estimate of drug-likeness (QED) is 0.361. The van der Waals surface area contributed by atoms with E-state index >= 15 is 0 Å². The number of aliphatic imine (C=N–C) groups is 1. The third-order valence-corrected chi connectivity index (χ3v) is 4.49. The van der Waals surface area contributed by atoms with E-state index in [2.05, 4.69) is 15.6 Å². The van der Waals surface area contributed by atoms with Gasteiger partial charge < -0.3 is 15.1 Å². The van der Waals surface area contributed by atoms with Crippen LogP contribution in [0.15, 0.2) is 63.0 Å². The smallest absolute Gasteiger partial charge is 0.191 e. The van der Waals surface area contributed by atoms with E-state index < -0.39 is 10.8 Å². The Kier molecular flexibility index (Phi) is 10.4. The van der Waals surface area contributed by atoms with Gasteiger partial charge in [-0.1, -0.05) is 18.2 Å². The highest BCUT2D eigenvalue weighted by molar-refractivity contribution is 14.0. The van der Waals surface area contributed by atoms with Gasteiger partial charge in [-0.2, -0.15) is 0 Å². The highest BCUT2D eigenvalue weighted by atomic mass is 127. The van der Waals surface area contributed by atoms with Crippen molar-refractivity contribution < 1.29 is 8.63 Å². The molecule has 0 aliphatic carbocycles. The number of hydrogen-bond donors (Lipinski definition) is 2. The fraction of sp³-hybridized carbons (Fsp3) is 0.353. The SMILES string of the molecule is CCNC(=NCCS(=O)c1ccccc1)NCCc1ccco1.I. The number of halogens is 1. The van der Waals surface area contributed by atoms with Crippen molar-refractivity contribution >= 4 is 40.7 Å². The zero-order valence-electron chi connectivity index (χ0n) is 13.7. The van der Waals surface area contributed by atoms with Crippen LogP contribution in [-0.4, -0.2) is 35.6 Å². The van der Waals surface area contributed by atoms with Crippen LogP contribution in [0.4, 0.5) is 0 Å². The number of benzene rings is 1. The van der Waals surface area contributed by atoms with Crippen molar-refractivity contribution in [3.8, 4) is 0 Å². The highest BCUT2D eigenvalue weighted by Gasteiger charge is 2.03. The van der Waals surface area contributed by atoms with E-state index in [4.69, 9.17) is 4.42 Å². The molecule has 0 saturated heterocycles. The van der Waals surface area contributed by atoms with Crippen LogP contribution in [0.1, 0.15) is 12.7 Å². The first-order valence-corrected chi connectivity index (χ1v) is 9.09. The van der Waals surface area contributed by atoms with Gasteiger partial charge in [0.25, 0.3) is 0 Å². The molecule has 0 aliphatic heterocycles. The van der Waals surface area contributed by atoms with Crippen molar-refractivity contribution in [2.45, 2.75) is 18.2 Å². The molecule has 1 heterocycles. The van der Waals surface area contributed by atoms with E-state index in [1.807, 2.05) is 49.4 Å². The van der Waals surface area contributed by atoms with Gasteiger partial charge in [0, 0.05) is 30.2 Å². The first-order valence-electron chi connectivity index (χ1n) is 7.77. The van der Waals surface area contributed by atoms with Crippen LogP contribution in [0.2, 0.25) is 0 Å². The molecule has 0 fully saturated rings. The van der Waals surface area contributed by atoms with E-state index in [1.165, 1.54) is 0 Å². The Labute approximate surface area is 162 Å². The van der Waals surface area contributed by atoms with Gasteiger partial charge in [-0.15, -0.1) is 24.0 Å². The summed E-state index contributed by atoms with van der Waals surface area (Å²) in [4.78, 5) is 5.31. The van der Waals surface area contributed by atoms with E-state index in [-0.39, 0.29) is 24.0 Å². The van der Waals surface area contributed by atoms with Crippen molar-refractivity contribution in [2.24, 2.45) is 4.99 Å². The van der Waals surface area contributed by atoms with Crippen LogP contribution in [0, 0.1) is 0 Å². The largest absolute Gasteiger partial charge is 0.469 e. The molecule has 1 aromatic carbocycles. The monoisotopic (exact) mass is 461 g/mol. The van der Waals surface area contributed by atoms with Gasteiger partial charge >= 0.3 is 0 Å². The molecule has 0 radical (unpaired) electrons. The Bertz CT molecular complexity index is 618. The topological polar surface area (TPSA) is 66.6 Å². The molecule has 7 heteroatoms. The average Bonchev–Trinajstić information content (AvgIpc) is 3.09. The van der Waals surface area contributed by atoms with Gasteiger partial charge in [-0.25, -0.2) is 0 Å². The van der Waals surface area contributed by atoms with Gasteiger partial charge in [0.15, 0.2) is 5.96 Å². The van der Waals surface area contributed by atoms with Crippen LogP contribution in [0.3, 0.4) is 0 Å². The summed E-state index contributed by atoms with van der Waals surface area (Å²) in [5, 5.41) is 6.44. The minimum absolute atomic E-state index is 0. The summed E-state index contributed by atoms with van der Waals surface area (Å²) in [6, 6.07) is 13.3. The van der Waals surface area contributed by atoms with Crippen LogP contribution in [0.25, 0.3) is 0 Å². The third kappa shape index (κ3) is 7.48. The maximum atomic E-state index is 12.1. The van der Waals surface area contributed by atoms with Crippen molar-refractivity contribution in [3.63, 3.8) is 0 Å². The van der Waals surface area contributed by atoms with E-state index in [0.717, 1.165) is 36.1 Å². The molecule has 5 nitrogen and oxygen atoms in total. The molecule has 1 aromatic heterocycles. The zero-order valence-corrected chi connectivity index (χ0v) is 16.9. The third-order valence-electron chi connectivity index (χ3n) is 3.14. The highest BCUT2D eigenvalue weighted by Crippen LogP contribution is 2.05. The lowest BCUT2D eigenvalue weighted by molar-refractivity contribution is 0.507. The van der Waals surface area contributed by atoms with Gasteiger partial charge in [-0.05, 0) is 31.2 Å². The minimum atomic E-state index is -1.01. The summed E-state index contributed by atoms with van der Waals surface area (Å²) in [5.74, 6) is 2.20. The van der Waals surface area contributed by atoms with E-state index in [0.29, 0.717) is 12.3 Å². The molecule has 0 saturated carbocycles. The number of guanidine groups is 1. The fourth-order valence-corrected chi connectivity index (χ4v) is 2.98. The summed E-state index contributed by atoms with van der Waals surface area (Å²) < 4.78 is 17.4. The Morgan fingerprint density at radius 1 is 1.17 bits per heavy atom. The first kappa shape index (κ1) is 20.7. The predicted molar refractivity (Wildman–Crippen MR) is 110 cm³/mol. The number of rotatable bonds is 8. The normalized spacial score (nSPS) is 12.3. The Morgan fingerprint density at radius 3 is 2.62 bits per heavy atom. The second-order valence-electron chi connectivity index (χ2n) is 4.88. The fourth-order valence-electron chi connectivity index (χ4n) is 2.03. The Morgan fingerprint density at radius 2 is 1.96 bits per heavy atom. The number of nitrogens with one attached hydrogen (secondary N) is 2. The Hall–Kier alpha value is -1.35. The molecular formula is C17H24IN3O2S. The molecule has 2 aromatic rings. The first-order chi connectivity index (χ1) is 11.3. The summed E-state index contributed by atoms with van der Waals surface area (Å²) in [5.41, 5.74) is 0. The van der Waals surface area contributed by atoms with Gasteiger partial charge in [0.1, 0.15) is 5.76 Å². The maximum Gasteiger partial charge on any atom is 0.191 e. The second-order valence-corrected chi connectivity index (χ2v) is 6.45. The van der Waals surface area contributed by atoms with Gasteiger partial charge in [0.05, 0.1) is 23.6 Å². The molecule has 0 aliphatic rings. The standard InChI is InChI=1S/C17H23N3O2S.HI/c1-2-18-17(19-11-10-15-7-6-13-22-15)20-12-14-23(21)16-8-4-3-5-9-16;/h3-9,13H,2,10-12,14H2,1H3,(H2,18,19,20);1H. The molecule has 2 rings (SSSR count). The molecule has 132 valence electrons. The molecule has 0 amide bonds. The molecule has 1 unspecified atom stereocenters. The van der Waals surface area contributed by atoms with Gasteiger partial charge in [-0.3, -0.25) is 9.20 Å². The lowest BCUT2D eigenvalue weighted by atomic mass is 10.3. The molecular weight excluding hydrogens is 437 g/mol. The lowest BCUT2D eigenvalue weighted by Crippen LogP contribution is -2.38. The van der Waals surface area contributed by atoms with Crippen LogP contribution >= 0.6 is 24.0 Å². The average molecular weight is 461 g/mol. The van der Waals surface area contributed by atoms with Crippen molar-refractivity contribution in [1.29, 1.82) is 0 Å². The van der Waals surface area contributed by atoms with Crippen molar-refractivity contribution in [3.05, 3.63) is 54.5 Å². The van der Waals surface area contributed by atoms with Crippen molar-refractivity contribution in [1.82, 2.24) is 10.6 Å². The van der Waals surface area contributed by atoms with Crippen molar-refractivity contribution in [2.75, 3.05) is 25.4 Å². The predicted octanol–water partition coefficient (Wildman–Crippen LogP) is 2.80. The summed E-state index contributed by atoms with van der Waals surface area (Å²) in [7, 11) is -1.01. The molecule has 0 spiro atoms. The van der Waals surface area contributed by atoms with Crippen LogP contribution < -0.4 is 10.6 Å². The van der Waals surface area contributed by atoms with Gasteiger partial charge in [0.2, 0.25) is 0 Å². The maximum absolute atomic E-state index is 12.1. The van der Waals surface area contributed by atoms with Crippen LogP contribution in [0.5, 0.6) is 0 Å².